The molecule has 0 radical (unpaired) electrons. The summed E-state index contributed by atoms with van der Waals surface area (Å²) in [5.74, 6) is 0.387. The van der Waals surface area contributed by atoms with Gasteiger partial charge in [-0.25, -0.2) is 4.90 Å². The number of benzene rings is 2. The molecule has 1 saturated heterocycles. The predicted octanol–water partition coefficient (Wildman–Crippen LogP) is 2.88. The molecule has 0 bridgehead atoms. The van der Waals surface area contributed by atoms with Gasteiger partial charge in [-0.3, -0.25) is 9.59 Å². The number of hydrogen-bond acceptors (Lipinski definition) is 4. The minimum absolute atomic E-state index is 0.172. The Bertz CT molecular complexity index is 744. The Morgan fingerprint density at radius 3 is 2.42 bits per heavy atom. The number of amides is 2. The highest BCUT2D eigenvalue weighted by atomic mass is 79.9. The van der Waals surface area contributed by atoms with E-state index in [2.05, 4.69) is 21.2 Å². The van der Waals surface area contributed by atoms with Gasteiger partial charge in [0.15, 0.2) is 0 Å². The normalized spacial score (nSPS) is 17.4. The first kappa shape index (κ1) is 16.7. The van der Waals surface area contributed by atoms with Crippen LogP contribution in [0.2, 0.25) is 0 Å². The first-order valence-corrected chi connectivity index (χ1v) is 8.36. The van der Waals surface area contributed by atoms with E-state index in [9.17, 15) is 9.59 Å². The average Bonchev–Trinajstić information content (AvgIpc) is 2.88. The Labute approximate surface area is 148 Å². The average molecular weight is 389 g/mol. The summed E-state index contributed by atoms with van der Waals surface area (Å²) >= 11 is 3.35. The first-order chi connectivity index (χ1) is 11.6. The summed E-state index contributed by atoms with van der Waals surface area (Å²) in [6.07, 6.45) is 0.172. The van der Waals surface area contributed by atoms with Gasteiger partial charge >= 0.3 is 0 Å². The van der Waals surface area contributed by atoms with Crippen molar-refractivity contribution in [2.24, 2.45) is 0 Å². The van der Waals surface area contributed by atoms with Crippen molar-refractivity contribution in [3.63, 3.8) is 0 Å². The van der Waals surface area contributed by atoms with E-state index in [-0.39, 0.29) is 18.2 Å². The molecule has 5 nitrogen and oxygen atoms in total. The fourth-order valence-corrected chi connectivity index (χ4v) is 2.90. The van der Waals surface area contributed by atoms with Gasteiger partial charge in [0.25, 0.3) is 5.91 Å². The van der Waals surface area contributed by atoms with Crippen molar-refractivity contribution < 1.29 is 14.3 Å². The molecule has 124 valence electrons. The number of anilines is 1. The topological polar surface area (TPSA) is 58.6 Å². The fourth-order valence-electron chi connectivity index (χ4n) is 2.64. The Hall–Kier alpha value is -2.18. The second kappa shape index (κ2) is 7.15. The van der Waals surface area contributed by atoms with Gasteiger partial charge in [0.2, 0.25) is 5.91 Å². The van der Waals surface area contributed by atoms with Gasteiger partial charge in [-0.2, -0.15) is 0 Å². The molecule has 1 aliphatic heterocycles. The van der Waals surface area contributed by atoms with Crippen LogP contribution in [0.4, 0.5) is 5.69 Å². The van der Waals surface area contributed by atoms with Crippen molar-refractivity contribution in [3.05, 3.63) is 58.6 Å². The van der Waals surface area contributed by atoms with Gasteiger partial charge in [-0.15, -0.1) is 0 Å². The van der Waals surface area contributed by atoms with Crippen molar-refractivity contribution in [2.75, 3.05) is 12.0 Å². The molecule has 1 atom stereocenters. The van der Waals surface area contributed by atoms with E-state index in [0.717, 1.165) is 15.8 Å². The minimum Gasteiger partial charge on any atom is -0.497 e. The second-order valence-electron chi connectivity index (χ2n) is 5.53. The van der Waals surface area contributed by atoms with Crippen LogP contribution in [0, 0.1) is 0 Å². The van der Waals surface area contributed by atoms with E-state index >= 15 is 0 Å². The molecule has 0 unspecified atom stereocenters. The number of carbonyl (C=O) groups excluding carboxylic acids is 2. The SMILES string of the molecule is COc1ccc(CN[C@@H]2CC(=O)N(c3ccc(Br)cc3)C2=O)cc1. The molecule has 0 aromatic heterocycles. The van der Waals surface area contributed by atoms with E-state index in [1.165, 1.54) is 4.90 Å². The Morgan fingerprint density at radius 1 is 1.12 bits per heavy atom. The molecular formula is C18H17BrN2O3. The Balaban J connectivity index is 1.66. The minimum atomic E-state index is -0.497. The largest absolute Gasteiger partial charge is 0.497 e. The van der Waals surface area contributed by atoms with Crippen LogP contribution in [0.5, 0.6) is 5.75 Å². The lowest BCUT2D eigenvalue weighted by atomic mass is 10.2. The molecule has 1 fully saturated rings. The molecule has 2 aromatic rings. The zero-order valence-electron chi connectivity index (χ0n) is 13.2. The Morgan fingerprint density at radius 2 is 1.79 bits per heavy atom. The number of halogens is 1. The zero-order chi connectivity index (χ0) is 17.1. The lowest BCUT2D eigenvalue weighted by molar-refractivity contribution is -0.121. The number of nitrogens with zero attached hydrogens (tertiary/aromatic N) is 1. The highest BCUT2D eigenvalue weighted by molar-refractivity contribution is 9.10. The van der Waals surface area contributed by atoms with Crippen molar-refractivity contribution in [1.82, 2.24) is 5.32 Å². The maximum absolute atomic E-state index is 12.5. The van der Waals surface area contributed by atoms with Crippen LogP contribution in [0.15, 0.2) is 53.0 Å². The quantitative estimate of drug-likeness (QED) is 0.800. The predicted molar refractivity (Wildman–Crippen MR) is 94.9 cm³/mol. The standard InChI is InChI=1S/C18H17BrN2O3/c1-24-15-8-2-12(3-9-15)11-20-16-10-17(22)21(18(16)23)14-6-4-13(19)5-7-14/h2-9,16,20H,10-11H2,1H3/t16-/m1/s1. The number of hydrogen-bond donors (Lipinski definition) is 1. The first-order valence-electron chi connectivity index (χ1n) is 7.57. The van der Waals surface area contributed by atoms with E-state index in [4.69, 9.17) is 4.74 Å². The van der Waals surface area contributed by atoms with Crippen LogP contribution >= 0.6 is 15.9 Å². The molecule has 2 amide bonds. The summed E-state index contributed by atoms with van der Waals surface area (Å²) in [7, 11) is 1.62. The lowest BCUT2D eigenvalue weighted by Crippen LogP contribution is -2.38. The van der Waals surface area contributed by atoms with Gasteiger partial charge in [0.1, 0.15) is 5.75 Å². The molecule has 24 heavy (non-hydrogen) atoms. The lowest BCUT2D eigenvalue weighted by Gasteiger charge is -2.15. The summed E-state index contributed by atoms with van der Waals surface area (Å²) in [4.78, 5) is 26.0. The molecular weight excluding hydrogens is 372 g/mol. The highest BCUT2D eigenvalue weighted by Gasteiger charge is 2.39. The summed E-state index contributed by atoms with van der Waals surface area (Å²) in [5, 5.41) is 3.16. The monoisotopic (exact) mass is 388 g/mol. The molecule has 0 spiro atoms. The van der Waals surface area contributed by atoms with Crippen LogP contribution in [-0.2, 0) is 16.1 Å². The van der Waals surface area contributed by atoms with Crippen LogP contribution < -0.4 is 15.0 Å². The van der Waals surface area contributed by atoms with Gasteiger partial charge < -0.3 is 10.1 Å². The molecule has 6 heteroatoms. The highest BCUT2D eigenvalue weighted by Crippen LogP contribution is 2.24. The van der Waals surface area contributed by atoms with Gasteiger partial charge in [0, 0.05) is 11.0 Å². The summed E-state index contributed by atoms with van der Waals surface area (Å²) in [6, 6.07) is 14.2. The molecule has 1 aliphatic rings. The summed E-state index contributed by atoms with van der Waals surface area (Å²) in [5.41, 5.74) is 1.63. The van der Waals surface area contributed by atoms with Crippen LogP contribution in [0.3, 0.4) is 0 Å². The molecule has 2 aromatic carbocycles. The maximum atomic E-state index is 12.5. The van der Waals surface area contributed by atoms with Gasteiger partial charge in [-0.05, 0) is 42.0 Å². The third-order valence-corrected chi connectivity index (χ3v) is 4.47. The van der Waals surface area contributed by atoms with Crippen LogP contribution in [0.25, 0.3) is 0 Å². The van der Waals surface area contributed by atoms with Crippen molar-refractivity contribution in [2.45, 2.75) is 19.0 Å². The third kappa shape index (κ3) is 3.49. The number of nitrogens with one attached hydrogen (secondary N) is 1. The van der Waals surface area contributed by atoms with E-state index in [0.29, 0.717) is 12.2 Å². The van der Waals surface area contributed by atoms with Crippen LogP contribution in [-0.4, -0.2) is 25.0 Å². The number of imide groups is 1. The van der Waals surface area contributed by atoms with Gasteiger partial charge in [-0.1, -0.05) is 28.1 Å². The molecule has 0 saturated carbocycles. The smallest absolute Gasteiger partial charge is 0.251 e. The van der Waals surface area contributed by atoms with Gasteiger partial charge in [0.05, 0.1) is 25.3 Å². The second-order valence-corrected chi connectivity index (χ2v) is 6.45. The maximum Gasteiger partial charge on any atom is 0.251 e. The van der Waals surface area contributed by atoms with Crippen molar-refractivity contribution in [1.29, 1.82) is 0 Å². The zero-order valence-corrected chi connectivity index (χ0v) is 14.7. The van der Waals surface area contributed by atoms with E-state index in [1.807, 2.05) is 36.4 Å². The van der Waals surface area contributed by atoms with Crippen LogP contribution in [0.1, 0.15) is 12.0 Å². The van der Waals surface area contributed by atoms with E-state index in [1.54, 1.807) is 19.2 Å². The molecule has 1 N–H and O–H groups in total. The van der Waals surface area contributed by atoms with Crippen molar-refractivity contribution in [3.8, 4) is 5.75 Å². The summed E-state index contributed by atoms with van der Waals surface area (Å²) < 4.78 is 6.02. The Kier molecular flexibility index (Phi) is 4.97. The number of rotatable bonds is 5. The van der Waals surface area contributed by atoms with E-state index < -0.39 is 6.04 Å². The number of methoxy groups -OCH3 is 1. The third-order valence-electron chi connectivity index (χ3n) is 3.94. The van der Waals surface area contributed by atoms with Crippen molar-refractivity contribution >= 4 is 33.4 Å². The molecule has 0 aliphatic carbocycles. The fraction of sp³-hybridized carbons (Fsp3) is 0.222. The molecule has 1 heterocycles. The molecule has 3 rings (SSSR count). The number of ether oxygens (including phenoxy) is 1. The summed E-state index contributed by atoms with van der Waals surface area (Å²) in [6.45, 7) is 0.516. The number of carbonyl (C=O) groups is 2.